The maximum absolute atomic E-state index is 14.2. The lowest BCUT2D eigenvalue weighted by molar-refractivity contribution is -0.126. The summed E-state index contributed by atoms with van der Waals surface area (Å²) in [5, 5.41) is 10.2. The number of aromatic nitrogens is 2. The Morgan fingerprint density at radius 1 is 1.44 bits per heavy atom. The van der Waals surface area contributed by atoms with Crippen molar-refractivity contribution < 1.29 is 14.0 Å². The van der Waals surface area contributed by atoms with Crippen LogP contribution in [-0.2, 0) is 9.59 Å². The number of carbonyl (C=O) groups excluding carboxylic acids is 2. The van der Waals surface area contributed by atoms with Crippen molar-refractivity contribution in [3.63, 3.8) is 0 Å². The number of amides is 2. The lowest BCUT2D eigenvalue weighted by atomic mass is 10.1. The number of fused-ring (bicyclic) bond motifs is 1. The second-order valence-corrected chi connectivity index (χ2v) is 7.28. The molecule has 2 aromatic rings. The van der Waals surface area contributed by atoms with Crippen LogP contribution in [0.15, 0.2) is 18.2 Å². The number of anilines is 1. The molecule has 8 heteroatoms. The van der Waals surface area contributed by atoms with Gasteiger partial charge in [0.25, 0.3) is 0 Å². The maximum Gasteiger partial charge on any atom is 0.229 e. The second-order valence-electron chi connectivity index (χ2n) is 7.28. The quantitative estimate of drug-likeness (QED) is 0.835. The number of rotatable bonds is 5. The standard InChI is InChI=1S/C19H24FN5O2/c1-2-24-8-4-5-13(24)10-21-19(27)12-9-16(26)25(11-12)18-17-14(20)6-3-7-15(17)22-23-18/h3,6-7,12-13H,2,4-5,8-11H2,1H3,(H,21,27)(H,22,23)/t12-,13-/m0/s1. The van der Waals surface area contributed by atoms with Gasteiger partial charge in [0.05, 0.1) is 16.8 Å². The maximum atomic E-state index is 14.2. The molecule has 1 aromatic carbocycles. The minimum absolute atomic E-state index is 0.117. The highest BCUT2D eigenvalue weighted by molar-refractivity contribution is 6.05. The van der Waals surface area contributed by atoms with Gasteiger partial charge in [0, 0.05) is 25.6 Å². The minimum atomic E-state index is -0.437. The van der Waals surface area contributed by atoms with Gasteiger partial charge in [0.15, 0.2) is 5.82 Å². The molecular formula is C19H24FN5O2. The zero-order valence-corrected chi connectivity index (χ0v) is 15.4. The Labute approximate surface area is 156 Å². The molecule has 0 aliphatic carbocycles. The zero-order chi connectivity index (χ0) is 19.0. The molecule has 2 atom stereocenters. The van der Waals surface area contributed by atoms with Crippen LogP contribution in [0.3, 0.4) is 0 Å². The van der Waals surface area contributed by atoms with Crippen LogP contribution in [0, 0.1) is 11.7 Å². The van der Waals surface area contributed by atoms with Crippen molar-refractivity contribution in [2.75, 3.05) is 31.1 Å². The number of carbonyl (C=O) groups is 2. The lowest BCUT2D eigenvalue weighted by Gasteiger charge is -2.23. The summed E-state index contributed by atoms with van der Waals surface area (Å²) >= 11 is 0. The van der Waals surface area contributed by atoms with E-state index in [-0.39, 0.29) is 36.0 Å². The molecule has 7 nitrogen and oxygen atoms in total. The van der Waals surface area contributed by atoms with E-state index >= 15 is 0 Å². The fourth-order valence-corrected chi connectivity index (χ4v) is 4.20. The van der Waals surface area contributed by atoms with Crippen LogP contribution >= 0.6 is 0 Å². The van der Waals surface area contributed by atoms with Gasteiger partial charge < -0.3 is 5.32 Å². The molecule has 0 saturated carbocycles. The van der Waals surface area contributed by atoms with Gasteiger partial charge in [0.2, 0.25) is 11.8 Å². The fourth-order valence-electron chi connectivity index (χ4n) is 4.20. The third-order valence-corrected chi connectivity index (χ3v) is 5.69. The number of hydrogen-bond donors (Lipinski definition) is 2. The number of likely N-dealkylation sites (N-methyl/N-ethyl adjacent to an activating group) is 1. The molecule has 0 bridgehead atoms. The fraction of sp³-hybridized carbons (Fsp3) is 0.526. The summed E-state index contributed by atoms with van der Waals surface area (Å²) in [4.78, 5) is 28.8. The molecule has 2 fully saturated rings. The van der Waals surface area contributed by atoms with Crippen molar-refractivity contribution in [1.82, 2.24) is 20.4 Å². The van der Waals surface area contributed by atoms with Crippen LogP contribution in [0.5, 0.6) is 0 Å². The van der Waals surface area contributed by atoms with E-state index in [4.69, 9.17) is 0 Å². The number of aromatic amines is 1. The largest absolute Gasteiger partial charge is 0.354 e. The molecule has 0 radical (unpaired) electrons. The summed E-state index contributed by atoms with van der Waals surface area (Å²) in [5.74, 6) is -0.932. The summed E-state index contributed by atoms with van der Waals surface area (Å²) in [5.41, 5.74) is 0.534. The Morgan fingerprint density at radius 3 is 3.11 bits per heavy atom. The summed E-state index contributed by atoms with van der Waals surface area (Å²) in [6, 6.07) is 5.01. The van der Waals surface area contributed by atoms with Crippen LogP contribution in [0.25, 0.3) is 10.9 Å². The Morgan fingerprint density at radius 2 is 2.30 bits per heavy atom. The first-order chi connectivity index (χ1) is 13.1. The second kappa shape index (κ2) is 7.26. The summed E-state index contributed by atoms with van der Waals surface area (Å²) in [7, 11) is 0. The van der Waals surface area contributed by atoms with Crippen molar-refractivity contribution in [2.24, 2.45) is 5.92 Å². The minimum Gasteiger partial charge on any atom is -0.354 e. The molecule has 4 rings (SSSR count). The molecule has 0 spiro atoms. The smallest absolute Gasteiger partial charge is 0.229 e. The molecule has 144 valence electrons. The number of H-pyrrole nitrogens is 1. The first-order valence-electron chi connectivity index (χ1n) is 9.53. The van der Waals surface area contributed by atoms with Crippen molar-refractivity contribution in [3.8, 4) is 0 Å². The molecule has 2 amide bonds. The van der Waals surface area contributed by atoms with E-state index < -0.39 is 11.7 Å². The third kappa shape index (κ3) is 3.29. The number of nitrogens with one attached hydrogen (secondary N) is 2. The van der Waals surface area contributed by atoms with E-state index in [1.54, 1.807) is 12.1 Å². The van der Waals surface area contributed by atoms with Crippen molar-refractivity contribution in [1.29, 1.82) is 0 Å². The average molecular weight is 373 g/mol. The predicted octanol–water partition coefficient (Wildman–Crippen LogP) is 1.66. The van der Waals surface area contributed by atoms with E-state index in [2.05, 4.69) is 27.3 Å². The Balaban J connectivity index is 1.43. The number of nitrogens with zero attached hydrogens (tertiary/aromatic N) is 3. The number of hydrogen-bond acceptors (Lipinski definition) is 4. The van der Waals surface area contributed by atoms with Crippen LogP contribution in [-0.4, -0.2) is 59.1 Å². The average Bonchev–Trinajstić information content (AvgIpc) is 3.37. The van der Waals surface area contributed by atoms with Crippen LogP contribution < -0.4 is 10.2 Å². The zero-order valence-electron chi connectivity index (χ0n) is 15.4. The van der Waals surface area contributed by atoms with Gasteiger partial charge in [-0.05, 0) is 38.1 Å². The Bertz CT molecular complexity index is 867. The van der Waals surface area contributed by atoms with Gasteiger partial charge in [-0.2, -0.15) is 5.10 Å². The summed E-state index contributed by atoms with van der Waals surface area (Å²) in [6.07, 6.45) is 2.36. The van der Waals surface area contributed by atoms with Gasteiger partial charge >= 0.3 is 0 Å². The van der Waals surface area contributed by atoms with Gasteiger partial charge in [-0.3, -0.25) is 24.5 Å². The van der Waals surface area contributed by atoms with Crippen molar-refractivity contribution in [2.45, 2.75) is 32.2 Å². The van der Waals surface area contributed by atoms with E-state index in [0.717, 1.165) is 25.9 Å². The molecule has 0 unspecified atom stereocenters. The molecule has 2 aliphatic rings. The highest BCUT2D eigenvalue weighted by Crippen LogP contribution is 2.31. The van der Waals surface area contributed by atoms with Gasteiger partial charge in [0.1, 0.15) is 5.82 Å². The van der Waals surface area contributed by atoms with Gasteiger partial charge in [-0.15, -0.1) is 0 Å². The topological polar surface area (TPSA) is 81.3 Å². The highest BCUT2D eigenvalue weighted by Gasteiger charge is 2.37. The first kappa shape index (κ1) is 17.9. The van der Waals surface area contributed by atoms with E-state index in [0.29, 0.717) is 18.1 Å². The SMILES string of the molecule is CCN1CCC[C@H]1CNC(=O)[C@H]1CC(=O)N(c2n[nH]c3cccc(F)c23)C1. The van der Waals surface area contributed by atoms with Crippen molar-refractivity contribution in [3.05, 3.63) is 24.0 Å². The highest BCUT2D eigenvalue weighted by atomic mass is 19.1. The predicted molar refractivity (Wildman–Crippen MR) is 99.8 cm³/mol. The molecule has 3 heterocycles. The molecule has 2 aliphatic heterocycles. The van der Waals surface area contributed by atoms with Crippen molar-refractivity contribution >= 4 is 28.5 Å². The van der Waals surface area contributed by atoms with Gasteiger partial charge in [-0.25, -0.2) is 4.39 Å². The molecule has 27 heavy (non-hydrogen) atoms. The Kier molecular flexibility index (Phi) is 4.82. The lowest BCUT2D eigenvalue weighted by Crippen LogP contribution is -2.42. The number of benzene rings is 1. The van der Waals surface area contributed by atoms with Crippen LogP contribution in [0.1, 0.15) is 26.2 Å². The van der Waals surface area contributed by atoms with E-state index in [1.807, 2.05) is 0 Å². The van der Waals surface area contributed by atoms with Gasteiger partial charge in [-0.1, -0.05) is 13.0 Å². The normalized spacial score (nSPS) is 23.5. The van der Waals surface area contributed by atoms with Crippen LogP contribution in [0.4, 0.5) is 10.2 Å². The monoisotopic (exact) mass is 373 g/mol. The number of halogens is 1. The van der Waals surface area contributed by atoms with Crippen LogP contribution in [0.2, 0.25) is 0 Å². The molecule has 2 saturated heterocycles. The summed E-state index contributed by atoms with van der Waals surface area (Å²) in [6.45, 7) is 5.01. The van der Waals surface area contributed by atoms with E-state index in [1.165, 1.54) is 11.0 Å². The molecular weight excluding hydrogens is 349 g/mol. The van der Waals surface area contributed by atoms with E-state index in [9.17, 15) is 14.0 Å². The third-order valence-electron chi connectivity index (χ3n) is 5.69. The first-order valence-corrected chi connectivity index (χ1v) is 9.53. The number of likely N-dealkylation sites (tertiary alicyclic amines) is 1. The Hall–Kier alpha value is -2.48. The summed E-state index contributed by atoms with van der Waals surface area (Å²) < 4.78 is 14.2. The molecule has 2 N–H and O–H groups in total. The molecule has 1 aromatic heterocycles.